The Morgan fingerprint density at radius 2 is 1.74 bits per heavy atom. The van der Waals surface area contributed by atoms with E-state index in [1.165, 1.54) is 11.0 Å². The van der Waals surface area contributed by atoms with Gasteiger partial charge < -0.3 is 4.90 Å². The highest BCUT2D eigenvalue weighted by molar-refractivity contribution is 7.92. The summed E-state index contributed by atoms with van der Waals surface area (Å²) < 4.78 is 38.2. The third kappa shape index (κ3) is 4.79. The molecule has 1 amide bonds. The van der Waals surface area contributed by atoms with E-state index in [0.717, 1.165) is 6.26 Å². The van der Waals surface area contributed by atoms with Crippen molar-refractivity contribution in [1.82, 2.24) is 0 Å². The Hall–Kier alpha value is -2.41. The number of amides is 1. The van der Waals surface area contributed by atoms with E-state index in [4.69, 9.17) is 0 Å². The summed E-state index contributed by atoms with van der Waals surface area (Å²) in [6.45, 7) is 0. The Balaban J connectivity index is 2.09. The van der Waals surface area contributed by atoms with Gasteiger partial charge in [-0.05, 0) is 35.9 Å². The molecular formula is C16H17FN2O3S. The minimum Gasteiger partial charge on any atom is -0.315 e. The minimum absolute atomic E-state index is 0.0491. The Labute approximate surface area is 134 Å². The lowest BCUT2D eigenvalue weighted by molar-refractivity contribution is -0.117. The number of nitrogens with zero attached hydrogens (tertiary/aromatic N) is 1. The fourth-order valence-corrected chi connectivity index (χ4v) is 2.60. The Bertz CT molecular complexity index is 804. The summed E-state index contributed by atoms with van der Waals surface area (Å²) in [4.78, 5) is 13.6. The zero-order valence-electron chi connectivity index (χ0n) is 12.8. The monoisotopic (exact) mass is 336 g/mol. The van der Waals surface area contributed by atoms with Crippen LogP contribution in [0.2, 0.25) is 0 Å². The van der Waals surface area contributed by atoms with Crippen molar-refractivity contribution in [2.24, 2.45) is 0 Å². The van der Waals surface area contributed by atoms with Gasteiger partial charge in [0.25, 0.3) is 0 Å². The second-order valence-corrected chi connectivity index (χ2v) is 6.89. The molecule has 0 saturated heterocycles. The van der Waals surface area contributed by atoms with E-state index >= 15 is 0 Å². The van der Waals surface area contributed by atoms with E-state index in [9.17, 15) is 17.6 Å². The molecular weight excluding hydrogens is 319 g/mol. The lowest BCUT2D eigenvalue weighted by Crippen LogP contribution is -2.28. The van der Waals surface area contributed by atoms with Gasteiger partial charge in [-0.1, -0.05) is 18.2 Å². The molecule has 2 rings (SSSR count). The first-order valence-corrected chi connectivity index (χ1v) is 8.73. The van der Waals surface area contributed by atoms with E-state index in [1.54, 1.807) is 49.5 Å². The smallest absolute Gasteiger partial charge is 0.231 e. The van der Waals surface area contributed by atoms with Crippen molar-refractivity contribution < 1.29 is 17.6 Å². The molecule has 0 atom stereocenters. The van der Waals surface area contributed by atoms with E-state index in [1.807, 2.05) is 0 Å². The number of hydrogen-bond donors (Lipinski definition) is 1. The number of hydrogen-bond acceptors (Lipinski definition) is 3. The predicted octanol–water partition coefficient (Wildman–Crippen LogP) is 2.40. The van der Waals surface area contributed by atoms with Gasteiger partial charge in [-0.3, -0.25) is 9.52 Å². The highest BCUT2D eigenvalue weighted by Crippen LogP contribution is 2.19. The molecule has 0 unspecified atom stereocenters. The minimum atomic E-state index is -3.34. The van der Waals surface area contributed by atoms with Crippen LogP contribution in [0.15, 0.2) is 48.5 Å². The number of carbonyl (C=O) groups excluding carboxylic acids is 1. The van der Waals surface area contributed by atoms with Gasteiger partial charge >= 0.3 is 0 Å². The van der Waals surface area contributed by atoms with Crippen LogP contribution in [0, 0.1) is 5.82 Å². The highest BCUT2D eigenvalue weighted by atomic mass is 32.2. The van der Waals surface area contributed by atoms with Crippen LogP contribution in [-0.2, 0) is 21.2 Å². The van der Waals surface area contributed by atoms with Crippen molar-refractivity contribution in [3.8, 4) is 0 Å². The lowest BCUT2D eigenvalue weighted by Gasteiger charge is -2.18. The van der Waals surface area contributed by atoms with Crippen molar-refractivity contribution in [2.75, 3.05) is 22.9 Å². The number of carbonyl (C=O) groups is 1. The molecule has 0 aliphatic rings. The highest BCUT2D eigenvalue weighted by Gasteiger charge is 2.14. The third-order valence-corrected chi connectivity index (χ3v) is 3.84. The predicted molar refractivity (Wildman–Crippen MR) is 88.4 cm³/mol. The Kier molecular flexibility index (Phi) is 5.00. The van der Waals surface area contributed by atoms with Crippen LogP contribution in [0.1, 0.15) is 5.56 Å². The zero-order valence-corrected chi connectivity index (χ0v) is 13.6. The molecule has 5 nitrogen and oxygen atoms in total. The lowest BCUT2D eigenvalue weighted by atomic mass is 10.1. The maximum atomic E-state index is 13.6. The van der Waals surface area contributed by atoms with Gasteiger partial charge in [0.05, 0.1) is 12.7 Å². The second kappa shape index (κ2) is 6.78. The van der Waals surface area contributed by atoms with Gasteiger partial charge in [-0.2, -0.15) is 0 Å². The summed E-state index contributed by atoms with van der Waals surface area (Å²) in [7, 11) is -1.76. The molecule has 0 spiro atoms. The molecule has 0 heterocycles. The molecule has 0 aliphatic heterocycles. The Morgan fingerprint density at radius 3 is 2.30 bits per heavy atom. The van der Waals surface area contributed by atoms with Gasteiger partial charge in [0, 0.05) is 18.4 Å². The summed E-state index contributed by atoms with van der Waals surface area (Å²) >= 11 is 0. The molecule has 0 radical (unpaired) electrons. The first-order chi connectivity index (χ1) is 10.8. The van der Waals surface area contributed by atoms with Crippen LogP contribution < -0.4 is 9.62 Å². The van der Waals surface area contributed by atoms with E-state index in [2.05, 4.69) is 4.72 Å². The van der Waals surface area contributed by atoms with Crippen LogP contribution in [-0.4, -0.2) is 27.6 Å². The van der Waals surface area contributed by atoms with Crippen molar-refractivity contribution in [1.29, 1.82) is 0 Å². The van der Waals surface area contributed by atoms with Crippen molar-refractivity contribution >= 4 is 27.3 Å². The molecule has 0 aliphatic carbocycles. The van der Waals surface area contributed by atoms with E-state index < -0.39 is 15.8 Å². The maximum Gasteiger partial charge on any atom is 0.231 e. The molecule has 23 heavy (non-hydrogen) atoms. The summed E-state index contributed by atoms with van der Waals surface area (Å²) in [6.07, 6.45) is 1.01. The fourth-order valence-electron chi connectivity index (χ4n) is 2.03. The molecule has 1 N–H and O–H groups in total. The van der Waals surface area contributed by atoms with Gasteiger partial charge in [0.2, 0.25) is 15.9 Å². The Morgan fingerprint density at radius 1 is 1.13 bits per heavy atom. The molecule has 7 heteroatoms. The van der Waals surface area contributed by atoms with Crippen LogP contribution in [0.3, 0.4) is 0 Å². The van der Waals surface area contributed by atoms with Crippen LogP contribution in [0.4, 0.5) is 15.8 Å². The number of sulfonamides is 1. The molecule has 2 aromatic carbocycles. The van der Waals surface area contributed by atoms with E-state index in [0.29, 0.717) is 16.9 Å². The van der Waals surface area contributed by atoms with Crippen LogP contribution >= 0.6 is 0 Å². The first kappa shape index (κ1) is 17.0. The number of likely N-dealkylation sites (N-methyl/N-ethyl adjacent to an activating group) is 1. The molecule has 2 aromatic rings. The number of nitrogens with one attached hydrogen (secondary N) is 1. The second-order valence-electron chi connectivity index (χ2n) is 5.14. The summed E-state index contributed by atoms with van der Waals surface area (Å²) in [6, 6.07) is 12.5. The van der Waals surface area contributed by atoms with Crippen LogP contribution in [0.5, 0.6) is 0 Å². The van der Waals surface area contributed by atoms with Gasteiger partial charge in [-0.25, -0.2) is 12.8 Å². The van der Waals surface area contributed by atoms with Crippen LogP contribution in [0.25, 0.3) is 0 Å². The summed E-state index contributed by atoms with van der Waals surface area (Å²) in [5.41, 5.74) is 1.33. The molecule has 0 bridgehead atoms. The molecule has 0 aromatic heterocycles. The average molecular weight is 336 g/mol. The topological polar surface area (TPSA) is 66.5 Å². The normalized spacial score (nSPS) is 11.1. The molecule has 0 fully saturated rings. The summed E-state index contributed by atoms with van der Waals surface area (Å²) in [5, 5.41) is 0. The van der Waals surface area contributed by atoms with Gasteiger partial charge in [-0.15, -0.1) is 0 Å². The number of rotatable bonds is 5. The fraction of sp³-hybridized carbons (Fsp3) is 0.188. The zero-order chi connectivity index (χ0) is 17.0. The largest absolute Gasteiger partial charge is 0.315 e. The van der Waals surface area contributed by atoms with Gasteiger partial charge in [0.15, 0.2) is 0 Å². The summed E-state index contributed by atoms with van der Waals surface area (Å²) in [5.74, 6) is -0.680. The standard InChI is InChI=1S/C16H17FN2O3S/c1-19(16(20)11-12-5-3-4-6-15(12)17)14-9-7-13(8-10-14)18-23(2,21)22/h3-10,18H,11H2,1-2H3. The number of anilines is 2. The molecule has 122 valence electrons. The molecule has 0 saturated carbocycles. The third-order valence-electron chi connectivity index (χ3n) is 3.23. The van der Waals surface area contributed by atoms with Crippen molar-refractivity contribution in [3.05, 3.63) is 59.9 Å². The SMILES string of the molecule is CN(C(=O)Cc1ccccc1F)c1ccc(NS(C)(=O)=O)cc1. The van der Waals surface area contributed by atoms with E-state index in [-0.39, 0.29) is 12.3 Å². The van der Waals surface area contributed by atoms with Crippen molar-refractivity contribution in [2.45, 2.75) is 6.42 Å². The first-order valence-electron chi connectivity index (χ1n) is 6.84. The average Bonchev–Trinajstić information content (AvgIpc) is 2.48. The van der Waals surface area contributed by atoms with Gasteiger partial charge in [0.1, 0.15) is 5.82 Å². The number of benzene rings is 2. The maximum absolute atomic E-state index is 13.6. The quantitative estimate of drug-likeness (QED) is 0.912. The number of halogens is 1. The van der Waals surface area contributed by atoms with Crippen molar-refractivity contribution in [3.63, 3.8) is 0 Å².